The monoisotopic (exact) mass is 364 g/mol. The van der Waals surface area contributed by atoms with Gasteiger partial charge in [-0.3, -0.25) is 4.79 Å². The molecule has 5 nitrogen and oxygen atoms in total. The molecular formula is C19H25ClN2O3. The number of hydrogen-bond acceptors (Lipinski definition) is 3. The molecule has 0 aliphatic rings. The maximum absolute atomic E-state index is 11.2. The zero-order valence-electron chi connectivity index (χ0n) is 14.8. The van der Waals surface area contributed by atoms with Gasteiger partial charge >= 0.3 is 5.97 Å². The van der Waals surface area contributed by atoms with Gasteiger partial charge in [-0.25, -0.2) is 4.98 Å². The van der Waals surface area contributed by atoms with Crippen molar-refractivity contribution in [3.63, 3.8) is 0 Å². The van der Waals surface area contributed by atoms with E-state index in [0.29, 0.717) is 18.8 Å². The highest BCUT2D eigenvalue weighted by Gasteiger charge is 2.19. The topological polar surface area (TPSA) is 64.3 Å². The minimum absolute atomic E-state index is 0.143. The highest BCUT2D eigenvalue weighted by molar-refractivity contribution is 6.30. The average molecular weight is 365 g/mol. The standard InChI is InChI=1S/C19H25ClN2O3/c1-3-5-10-17-21-19(20)15(12-18(23)24)22(17)13-14-8-6-7-9-16(14)25-11-4-2/h6-9H,3-5,10-13H2,1-2H3,(H,23,24). The predicted molar refractivity (Wildman–Crippen MR) is 98.5 cm³/mol. The molecule has 25 heavy (non-hydrogen) atoms. The van der Waals surface area contributed by atoms with Crippen LogP contribution in [0.15, 0.2) is 24.3 Å². The third-order valence-corrected chi connectivity index (χ3v) is 4.24. The first-order valence-electron chi connectivity index (χ1n) is 8.73. The molecule has 0 unspecified atom stereocenters. The summed E-state index contributed by atoms with van der Waals surface area (Å²) < 4.78 is 7.76. The number of aromatic nitrogens is 2. The van der Waals surface area contributed by atoms with Crippen molar-refractivity contribution in [2.24, 2.45) is 0 Å². The van der Waals surface area contributed by atoms with E-state index in [9.17, 15) is 9.90 Å². The largest absolute Gasteiger partial charge is 0.493 e. The van der Waals surface area contributed by atoms with Crippen LogP contribution in [0, 0.1) is 0 Å². The van der Waals surface area contributed by atoms with E-state index >= 15 is 0 Å². The third kappa shape index (κ3) is 5.23. The first-order chi connectivity index (χ1) is 12.1. The zero-order chi connectivity index (χ0) is 18.2. The Morgan fingerprint density at radius 1 is 1.28 bits per heavy atom. The average Bonchev–Trinajstić information content (AvgIpc) is 2.87. The van der Waals surface area contributed by atoms with Gasteiger partial charge in [-0.05, 0) is 18.9 Å². The lowest BCUT2D eigenvalue weighted by Gasteiger charge is -2.15. The van der Waals surface area contributed by atoms with Crippen LogP contribution in [0.5, 0.6) is 5.75 Å². The Labute approximate surface area is 153 Å². The van der Waals surface area contributed by atoms with E-state index in [0.717, 1.165) is 42.8 Å². The van der Waals surface area contributed by atoms with Gasteiger partial charge in [0.2, 0.25) is 0 Å². The molecule has 0 saturated heterocycles. The number of aliphatic carboxylic acids is 1. The number of aryl methyl sites for hydroxylation is 1. The van der Waals surface area contributed by atoms with E-state index in [1.807, 2.05) is 28.8 Å². The number of halogens is 1. The summed E-state index contributed by atoms with van der Waals surface area (Å²) in [6.45, 7) is 5.32. The van der Waals surface area contributed by atoms with Crippen LogP contribution in [0.1, 0.15) is 50.2 Å². The molecule has 0 amide bonds. The molecule has 0 spiro atoms. The molecular weight excluding hydrogens is 340 g/mol. The fourth-order valence-corrected chi connectivity index (χ4v) is 2.95. The number of hydrogen-bond donors (Lipinski definition) is 1. The van der Waals surface area contributed by atoms with Gasteiger partial charge in [0.05, 0.1) is 25.3 Å². The Bertz CT molecular complexity index is 713. The first kappa shape index (κ1) is 19.3. The highest BCUT2D eigenvalue weighted by atomic mass is 35.5. The van der Waals surface area contributed by atoms with Crippen molar-refractivity contribution in [3.05, 3.63) is 46.5 Å². The van der Waals surface area contributed by atoms with Gasteiger partial charge < -0.3 is 14.4 Å². The number of unbranched alkanes of at least 4 members (excludes halogenated alkanes) is 1. The minimum atomic E-state index is -0.916. The minimum Gasteiger partial charge on any atom is -0.493 e. The van der Waals surface area contributed by atoms with E-state index < -0.39 is 5.97 Å². The Morgan fingerprint density at radius 3 is 2.72 bits per heavy atom. The number of carboxylic acid groups (broad SMARTS) is 1. The molecule has 136 valence electrons. The molecule has 0 aliphatic heterocycles. The van der Waals surface area contributed by atoms with Crippen molar-refractivity contribution in [2.75, 3.05) is 6.61 Å². The molecule has 0 atom stereocenters. The van der Waals surface area contributed by atoms with E-state index in [-0.39, 0.29) is 11.6 Å². The second kappa shape index (κ2) is 9.47. The maximum atomic E-state index is 11.2. The number of carboxylic acids is 1. The summed E-state index contributed by atoms with van der Waals surface area (Å²) in [4.78, 5) is 15.6. The molecule has 0 fully saturated rings. The molecule has 2 aromatic rings. The van der Waals surface area contributed by atoms with Crippen molar-refractivity contribution < 1.29 is 14.6 Å². The summed E-state index contributed by atoms with van der Waals surface area (Å²) in [6, 6.07) is 7.82. The summed E-state index contributed by atoms with van der Waals surface area (Å²) >= 11 is 6.24. The Kier molecular flexibility index (Phi) is 7.31. The lowest BCUT2D eigenvalue weighted by atomic mass is 10.1. The molecule has 2 rings (SSSR count). The van der Waals surface area contributed by atoms with Crippen LogP contribution in [0.25, 0.3) is 0 Å². The smallest absolute Gasteiger partial charge is 0.309 e. The number of rotatable bonds is 10. The summed E-state index contributed by atoms with van der Waals surface area (Å²) in [5.41, 5.74) is 1.54. The fraction of sp³-hybridized carbons (Fsp3) is 0.474. The van der Waals surface area contributed by atoms with Gasteiger partial charge in [-0.15, -0.1) is 0 Å². The van der Waals surface area contributed by atoms with Gasteiger partial charge in [-0.2, -0.15) is 0 Å². The number of benzene rings is 1. The Morgan fingerprint density at radius 2 is 2.04 bits per heavy atom. The van der Waals surface area contributed by atoms with Crippen molar-refractivity contribution in [1.82, 2.24) is 9.55 Å². The predicted octanol–water partition coefficient (Wildman–Crippen LogP) is 4.34. The number of para-hydroxylation sites is 1. The van der Waals surface area contributed by atoms with Gasteiger partial charge in [-0.1, -0.05) is 50.1 Å². The molecule has 1 aromatic heterocycles. The normalized spacial score (nSPS) is 10.8. The van der Waals surface area contributed by atoms with Gasteiger partial charge in [0, 0.05) is 12.0 Å². The SMILES string of the molecule is CCCCc1nc(Cl)c(CC(=O)O)n1Cc1ccccc1OCCC. The number of ether oxygens (including phenoxy) is 1. The van der Waals surface area contributed by atoms with Crippen LogP contribution in [0.2, 0.25) is 5.15 Å². The second-order valence-corrected chi connectivity index (χ2v) is 6.34. The van der Waals surface area contributed by atoms with Crippen LogP contribution >= 0.6 is 11.6 Å². The van der Waals surface area contributed by atoms with E-state index in [1.54, 1.807) is 0 Å². The molecule has 1 aromatic carbocycles. The first-order valence-corrected chi connectivity index (χ1v) is 9.10. The molecule has 1 N–H and O–H groups in total. The zero-order valence-corrected chi connectivity index (χ0v) is 15.6. The van der Waals surface area contributed by atoms with E-state index in [4.69, 9.17) is 16.3 Å². The van der Waals surface area contributed by atoms with Crippen LogP contribution in [0.3, 0.4) is 0 Å². The second-order valence-electron chi connectivity index (χ2n) is 5.98. The summed E-state index contributed by atoms with van der Waals surface area (Å²) in [6.07, 6.45) is 3.57. The fourth-order valence-electron chi connectivity index (χ4n) is 2.69. The summed E-state index contributed by atoms with van der Waals surface area (Å²) in [7, 11) is 0. The van der Waals surface area contributed by atoms with Crippen LogP contribution < -0.4 is 4.74 Å². The molecule has 0 bridgehead atoms. The highest BCUT2D eigenvalue weighted by Crippen LogP contribution is 2.25. The van der Waals surface area contributed by atoms with Gasteiger partial charge in [0.15, 0.2) is 5.15 Å². The number of nitrogens with zero attached hydrogens (tertiary/aromatic N) is 2. The summed E-state index contributed by atoms with van der Waals surface area (Å²) in [5, 5.41) is 9.49. The molecule has 0 aliphatic carbocycles. The van der Waals surface area contributed by atoms with Crippen molar-refractivity contribution in [2.45, 2.75) is 52.5 Å². The maximum Gasteiger partial charge on any atom is 0.309 e. The molecule has 0 saturated carbocycles. The van der Waals surface area contributed by atoms with Gasteiger partial charge in [0.25, 0.3) is 0 Å². The quantitative estimate of drug-likeness (QED) is 0.681. The van der Waals surface area contributed by atoms with Crippen LogP contribution in [0.4, 0.5) is 0 Å². The lowest BCUT2D eigenvalue weighted by Crippen LogP contribution is -2.13. The number of carbonyl (C=O) groups is 1. The molecule has 6 heteroatoms. The molecule has 1 heterocycles. The lowest BCUT2D eigenvalue weighted by molar-refractivity contribution is -0.136. The van der Waals surface area contributed by atoms with Crippen LogP contribution in [-0.4, -0.2) is 27.2 Å². The van der Waals surface area contributed by atoms with Gasteiger partial charge in [0.1, 0.15) is 11.6 Å². The van der Waals surface area contributed by atoms with Crippen molar-refractivity contribution >= 4 is 17.6 Å². The van der Waals surface area contributed by atoms with Crippen molar-refractivity contribution in [1.29, 1.82) is 0 Å². The third-order valence-electron chi connectivity index (χ3n) is 3.94. The van der Waals surface area contributed by atoms with Crippen LogP contribution in [-0.2, 0) is 24.2 Å². The van der Waals surface area contributed by atoms with Crippen molar-refractivity contribution in [3.8, 4) is 5.75 Å². The summed E-state index contributed by atoms with van der Waals surface area (Å²) in [5.74, 6) is 0.728. The Balaban J connectivity index is 2.38. The number of imidazole rings is 1. The van der Waals surface area contributed by atoms with E-state index in [2.05, 4.69) is 18.8 Å². The molecule has 0 radical (unpaired) electrons. The van der Waals surface area contributed by atoms with E-state index in [1.165, 1.54) is 0 Å². The Hall–Kier alpha value is -2.01.